The lowest BCUT2D eigenvalue weighted by molar-refractivity contribution is -0.126. The number of ketones is 1. The fourth-order valence-corrected chi connectivity index (χ4v) is 2.82. The average molecular weight is 378 g/mol. The van der Waals surface area contributed by atoms with Gasteiger partial charge in [-0.2, -0.15) is 10.2 Å². The fourth-order valence-electron chi connectivity index (χ4n) is 2.82. The Labute approximate surface area is 161 Å². The third-order valence-electron chi connectivity index (χ3n) is 4.28. The van der Waals surface area contributed by atoms with E-state index in [0.717, 1.165) is 11.1 Å². The summed E-state index contributed by atoms with van der Waals surface area (Å²) >= 11 is 0. The molecule has 2 N–H and O–H groups in total. The quantitative estimate of drug-likeness (QED) is 0.472. The average Bonchev–Trinajstić information content (AvgIpc) is 2.91. The van der Waals surface area contributed by atoms with Crippen LogP contribution >= 0.6 is 0 Å². The van der Waals surface area contributed by atoms with Crippen LogP contribution < -0.4 is 10.6 Å². The molecule has 3 rings (SSSR count). The minimum atomic E-state index is -1.33. The van der Waals surface area contributed by atoms with Crippen molar-refractivity contribution in [1.29, 1.82) is 0 Å². The van der Waals surface area contributed by atoms with E-state index in [1.54, 1.807) is 6.07 Å². The molecule has 0 spiro atoms. The second-order valence-electron chi connectivity index (χ2n) is 6.55. The molecule has 0 radical (unpaired) electrons. The number of nitrogens with zero attached hydrogens (tertiary/aromatic N) is 2. The molecule has 0 saturated heterocycles. The van der Waals surface area contributed by atoms with E-state index >= 15 is 0 Å². The maximum atomic E-state index is 12.5. The minimum Gasteiger partial charge on any atom is -0.324 e. The number of carbonyl (C=O) groups is 4. The van der Waals surface area contributed by atoms with E-state index in [-0.39, 0.29) is 16.8 Å². The molecule has 0 aromatic heterocycles. The van der Waals surface area contributed by atoms with E-state index in [1.165, 1.54) is 25.1 Å². The number of benzene rings is 2. The van der Waals surface area contributed by atoms with Gasteiger partial charge in [0.2, 0.25) is 6.04 Å². The van der Waals surface area contributed by atoms with Crippen molar-refractivity contribution >= 4 is 34.9 Å². The molecule has 0 aliphatic carbocycles. The Morgan fingerprint density at radius 1 is 1.00 bits per heavy atom. The normalized spacial score (nSPS) is 14.0. The molecule has 8 heteroatoms. The molecule has 1 unspecified atom stereocenters. The van der Waals surface area contributed by atoms with Crippen molar-refractivity contribution in [3.8, 4) is 0 Å². The molecule has 1 heterocycles. The molecule has 0 bridgehead atoms. The van der Waals surface area contributed by atoms with Crippen LogP contribution in [0.25, 0.3) is 0 Å². The number of hydrogen-bond donors (Lipinski definition) is 2. The summed E-state index contributed by atoms with van der Waals surface area (Å²) in [7, 11) is 0. The van der Waals surface area contributed by atoms with Crippen LogP contribution in [0, 0.1) is 13.8 Å². The summed E-state index contributed by atoms with van der Waals surface area (Å²) in [5, 5.41) is 12.6. The van der Waals surface area contributed by atoms with Crippen molar-refractivity contribution in [1.82, 2.24) is 5.32 Å². The first kappa shape index (κ1) is 19.1. The molecule has 0 fully saturated rings. The predicted octanol–water partition coefficient (Wildman–Crippen LogP) is 2.87. The van der Waals surface area contributed by atoms with Crippen molar-refractivity contribution < 1.29 is 19.2 Å². The Morgan fingerprint density at radius 2 is 1.71 bits per heavy atom. The molecule has 2 aromatic carbocycles. The summed E-state index contributed by atoms with van der Waals surface area (Å²) in [5.74, 6) is -2.07. The van der Waals surface area contributed by atoms with Gasteiger partial charge in [-0.1, -0.05) is 17.7 Å². The smallest absolute Gasteiger partial charge is 0.259 e. The molecular formula is C20H18N4O4. The Bertz CT molecular complexity index is 1040. The van der Waals surface area contributed by atoms with Crippen molar-refractivity contribution in [2.75, 3.05) is 5.32 Å². The number of rotatable bonds is 5. The van der Waals surface area contributed by atoms with Crippen LogP contribution in [0.5, 0.6) is 0 Å². The summed E-state index contributed by atoms with van der Waals surface area (Å²) in [4.78, 5) is 47.7. The van der Waals surface area contributed by atoms with Gasteiger partial charge in [0.05, 0.1) is 16.8 Å². The van der Waals surface area contributed by atoms with Crippen LogP contribution in [-0.2, 0) is 9.59 Å². The summed E-state index contributed by atoms with van der Waals surface area (Å²) in [6.45, 7) is 5.04. The Hall–Kier alpha value is -3.68. The Kier molecular flexibility index (Phi) is 5.12. The molecule has 1 aliphatic rings. The van der Waals surface area contributed by atoms with Crippen LogP contribution in [0.15, 0.2) is 46.6 Å². The Morgan fingerprint density at radius 3 is 2.39 bits per heavy atom. The van der Waals surface area contributed by atoms with Gasteiger partial charge in [0.15, 0.2) is 5.78 Å². The second-order valence-corrected chi connectivity index (χ2v) is 6.55. The van der Waals surface area contributed by atoms with Crippen LogP contribution in [0.1, 0.15) is 38.8 Å². The Balaban J connectivity index is 1.80. The van der Waals surface area contributed by atoms with Gasteiger partial charge in [-0.3, -0.25) is 24.5 Å². The molecule has 1 aliphatic heterocycles. The van der Waals surface area contributed by atoms with Crippen molar-refractivity contribution in [2.45, 2.75) is 26.8 Å². The lowest BCUT2D eigenvalue weighted by Crippen LogP contribution is -2.32. The highest BCUT2D eigenvalue weighted by molar-refractivity contribution is 6.21. The molecule has 2 aromatic rings. The number of nitrogens with one attached hydrogen (secondary N) is 2. The van der Waals surface area contributed by atoms with Gasteiger partial charge in [0.25, 0.3) is 17.7 Å². The van der Waals surface area contributed by atoms with E-state index in [4.69, 9.17) is 0 Å². The SMILES string of the molecule is CC(=O)C(N=Nc1ccc2c(c1)C(=O)NC2=O)C(=O)Nc1ccc(C)cc1C. The molecule has 1 atom stereocenters. The van der Waals surface area contributed by atoms with Gasteiger partial charge in [-0.25, -0.2) is 0 Å². The lowest BCUT2D eigenvalue weighted by Gasteiger charge is -2.12. The molecule has 142 valence electrons. The van der Waals surface area contributed by atoms with Gasteiger partial charge >= 0.3 is 0 Å². The maximum absolute atomic E-state index is 12.5. The largest absolute Gasteiger partial charge is 0.324 e. The molecular weight excluding hydrogens is 360 g/mol. The monoisotopic (exact) mass is 378 g/mol. The van der Waals surface area contributed by atoms with Crippen molar-refractivity contribution in [2.24, 2.45) is 10.2 Å². The van der Waals surface area contributed by atoms with Crippen LogP contribution in [0.4, 0.5) is 11.4 Å². The summed E-state index contributed by atoms with van der Waals surface area (Å²) in [5.41, 5.74) is 3.19. The van der Waals surface area contributed by atoms with E-state index in [9.17, 15) is 19.2 Å². The van der Waals surface area contributed by atoms with Crippen molar-refractivity contribution in [3.05, 3.63) is 58.7 Å². The molecule has 8 nitrogen and oxygen atoms in total. The highest BCUT2D eigenvalue weighted by Crippen LogP contribution is 2.23. The number of carbonyl (C=O) groups excluding carboxylic acids is 4. The second kappa shape index (κ2) is 7.51. The van der Waals surface area contributed by atoms with E-state index < -0.39 is 29.5 Å². The molecule has 0 saturated carbocycles. The maximum Gasteiger partial charge on any atom is 0.259 e. The zero-order valence-corrected chi connectivity index (χ0v) is 15.6. The fraction of sp³-hybridized carbons (Fsp3) is 0.200. The number of imide groups is 1. The molecule has 28 heavy (non-hydrogen) atoms. The first-order valence-corrected chi connectivity index (χ1v) is 8.55. The number of anilines is 1. The number of azo groups is 1. The number of hydrogen-bond acceptors (Lipinski definition) is 6. The highest BCUT2D eigenvalue weighted by Gasteiger charge is 2.27. The van der Waals surface area contributed by atoms with Crippen LogP contribution in [-0.4, -0.2) is 29.5 Å². The zero-order chi connectivity index (χ0) is 20.4. The first-order valence-electron chi connectivity index (χ1n) is 8.55. The van der Waals surface area contributed by atoms with Gasteiger partial charge in [0, 0.05) is 5.69 Å². The van der Waals surface area contributed by atoms with E-state index in [0.29, 0.717) is 5.69 Å². The van der Waals surface area contributed by atoms with Gasteiger partial charge in [0.1, 0.15) is 0 Å². The third kappa shape index (κ3) is 3.85. The molecule has 3 amide bonds. The standard InChI is InChI=1S/C20H18N4O4/c1-10-4-7-16(11(2)8-10)21-20(28)17(12(3)25)24-23-13-5-6-14-15(9-13)19(27)22-18(14)26/h4-9,17H,1-3H3,(H,21,28)(H,22,26,27). The predicted molar refractivity (Wildman–Crippen MR) is 102 cm³/mol. The van der Waals surface area contributed by atoms with Crippen molar-refractivity contribution in [3.63, 3.8) is 0 Å². The zero-order valence-electron chi connectivity index (χ0n) is 15.6. The minimum absolute atomic E-state index is 0.181. The van der Waals surface area contributed by atoms with E-state index in [1.807, 2.05) is 26.0 Å². The van der Waals surface area contributed by atoms with Crippen LogP contribution in [0.2, 0.25) is 0 Å². The van der Waals surface area contributed by atoms with E-state index in [2.05, 4.69) is 20.9 Å². The summed E-state index contributed by atoms with van der Waals surface area (Å²) in [6.07, 6.45) is 0. The van der Waals surface area contributed by atoms with Crippen LogP contribution in [0.3, 0.4) is 0 Å². The topological polar surface area (TPSA) is 117 Å². The number of fused-ring (bicyclic) bond motifs is 1. The van der Waals surface area contributed by atoms with Gasteiger partial charge < -0.3 is 5.32 Å². The van der Waals surface area contributed by atoms with Gasteiger partial charge in [-0.15, -0.1) is 0 Å². The number of aryl methyl sites for hydroxylation is 2. The number of amides is 3. The number of Topliss-reactive ketones (excluding diaryl/α,β-unsaturated/α-hetero) is 1. The summed E-state index contributed by atoms with van der Waals surface area (Å²) in [6, 6.07) is 8.51. The first-order chi connectivity index (χ1) is 13.3. The lowest BCUT2D eigenvalue weighted by atomic mass is 10.1. The summed E-state index contributed by atoms with van der Waals surface area (Å²) < 4.78 is 0. The van der Waals surface area contributed by atoms with Gasteiger partial charge in [-0.05, 0) is 50.6 Å². The highest BCUT2D eigenvalue weighted by atomic mass is 16.2. The third-order valence-corrected chi connectivity index (χ3v) is 4.28.